The van der Waals surface area contributed by atoms with Gasteiger partial charge >= 0.3 is 0 Å². The van der Waals surface area contributed by atoms with E-state index < -0.39 is 0 Å². The summed E-state index contributed by atoms with van der Waals surface area (Å²) in [5, 5.41) is 9.95. The fourth-order valence-corrected chi connectivity index (χ4v) is 2.48. The predicted molar refractivity (Wildman–Crippen MR) is 66.9 cm³/mol. The second-order valence-corrected chi connectivity index (χ2v) is 5.06. The first kappa shape index (κ1) is 11.3. The fraction of sp³-hybridized carbons (Fsp3) is 0.308. The van der Waals surface area contributed by atoms with Crippen LogP contribution < -0.4 is 0 Å². The van der Waals surface area contributed by atoms with E-state index in [-0.39, 0.29) is 6.61 Å². The number of rotatable bonds is 4. The maximum absolute atomic E-state index is 8.83. The van der Waals surface area contributed by atoms with Crippen LogP contribution in [0, 0.1) is 6.92 Å². The summed E-state index contributed by atoms with van der Waals surface area (Å²) in [5.41, 5.74) is 2.57. The number of aliphatic hydroxyl groups is 1. The molecule has 0 fully saturated rings. The topological polar surface area (TPSA) is 33.1 Å². The summed E-state index contributed by atoms with van der Waals surface area (Å²) >= 11 is 1.69. The first-order chi connectivity index (χ1) is 7.78. The zero-order valence-electron chi connectivity index (χ0n) is 9.31. The minimum atomic E-state index is 0.201. The van der Waals surface area contributed by atoms with Crippen molar-refractivity contribution in [3.8, 4) is 0 Å². The van der Waals surface area contributed by atoms with Crippen LogP contribution in [0.15, 0.2) is 30.5 Å². The Hall–Kier alpha value is -1.19. The summed E-state index contributed by atoms with van der Waals surface area (Å²) in [7, 11) is 0. The summed E-state index contributed by atoms with van der Waals surface area (Å²) in [6.07, 6.45) is 3.46. The van der Waals surface area contributed by atoms with Gasteiger partial charge in [0.2, 0.25) is 0 Å². The van der Waals surface area contributed by atoms with E-state index in [1.165, 1.54) is 11.1 Å². The highest BCUT2D eigenvalue weighted by atomic mass is 32.1. The van der Waals surface area contributed by atoms with Crippen LogP contribution in [-0.4, -0.2) is 16.7 Å². The van der Waals surface area contributed by atoms with Crippen molar-refractivity contribution in [1.82, 2.24) is 4.98 Å². The molecule has 0 radical (unpaired) electrons. The van der Waals surface area contributed by atoms with Gasteiger partial charge in [-0.25, -0.2) is 4.98 Å². The Morgan fingerprint density at radius 2 is 2.00 bits per heavy atom. The van der Waals surface area contributed by atoms with Crippen molar-refractivity contribution >= 4 is 11.3 Å². The lowest BCUT2D eigenvalue weighted by molar-refractivity contribution is 0.300. The van der Waals surface area contributed by atoms with Gasteiger partial charge in [-0.2, -0.15) is 0 Å². The standard InChI is InChI=1S/C13H15NOS/c1-10-2-4-11(5-3-10)8-13-14-9-12(16-13)6-7-15/h2-5,9,15H,6-8H2,1H3. The van der Waals surface area contributed by atoms with Crippen LogP contribution in [0.5, 0.6) is 0 Å². The molecule has 0 aliphatic rings. The number of hydrogen-bond donors (Lipinski definition) is 1. The number of aliphatic hydroxyl groups excluding tert-OH is 1. The molecule has 0 amide bonds. The Morgan fingerprint density at radius 3 is 2.69 bits per heavy atom. The van der Waals surface area contributed by atoms with Gasteiger partial charge in [0.15, 0.2) is 0 Å². The van der Waals surface area contributed by atoms with Crippen molar-refractivity contribution in [3.63, 3.8) is 0 Å². The molecule has 3 heteroatoms. The molecule has 0 saturated carbocycles. The number of hydrogen-bond acceptors (Lipinski definition) is 3. The molecule has 0 unspecified atom stereocenters. The van der Waals surface area contributed by atoms with Gasteiger partial charge in [0.1, 0.15) is 0 Å². The van der Waals surface area contributed by atoms with Crippen molar-refractivity contribution < 1.29 is 5.11 Å². The smallest absolute Gasteiger partial charge is 0.0971 e. The predicted octanol–water partition coefficient (Wildman–Crippen LogP) is 2.58. The third-order valence-electron chi connectivity index (χ3n) is 2.44. The van der Waals surface area contributed by atoms with Crippen molar-refractivity contribution in [1.29, 1.82) is 0 Å². The molecule has 0 spiro atoms. The lowest BCUT2D eigenvalue weighted by atomic mass is 10.1. The molecule has 1 aromatic heterocycles. The minimum absolute atomic E-state index is 0.201. The van der Waals surface area contributed by atoms with Gasteiger partial charge in [-0.1, -0.05) is 29.8 Å². The Kier molecular flexibility index (Phi) is 3.70. The Morgan fingerprint density at radius 1 is 1.25 bits per heavy atom. The van der Waals surface area contributed by atoms with Crippen molar-refractivity contribution in [2.45, 2.75) is 19.8 Å². The molecule has 0 bridgehead atoms. The van der Waals surface area contributed by atoms with Crippen LogP contribution in [0.1, 0.15) is 21.0 Å². The van der Waals surface area contributed by atoms with Crippen LogP contribution >= 0.6 is 11.3 Å². The van der Waals surface area contributed by atoms with Crippen LogP contribution in [0.25, 0.3) is 0 Å². The molecular weight excluding hydrogens is 218 g/mol. The number of aromatic nitrogens is 1. The lowest BCUT2D eigenvalue weighted by Gasteiger charge is -1.98. The molecule has 2 nitrogen and oxygen atoms in total. The second-order valence-electron chi connectivity index (χ2n) is 3.86. The molecule has 84 valence electrons. The third-order valence-corrected chi connectivity index (χ3v) is 3.49. The molecule has 1 heterocycles. The van der Waals surface area contributed by atoms with E-state index in [0.29, 0.717) is 6.42 Å². The number of nitrogens with zero attached hydrogens (tertiary/aromatic N) is 1. The molecule has 0 saturated heterocycles. The van der Waals surface area contributed by atoms with Gasteiger partial charge < -0.3 is 5.11 Å². The van der Waals surface area contributed by atoms with E-state index >= 15 is 0 Å². The van der Waals surface area contributed by atoms with Gasteiger partial charge in [-0.3, -0.25) is 0 Å². The van der Waals surface area contributed by atoms with E-state index in [1.54, 1.807) is 11.3 Å². The highest BCUT2D eigenvalue weighted by Crippen LogP contribution is 2.17. The van der Waals surface area contributed by atoms with Crippen molar-refractivity contribution in [2.24, 2.45) is 0 Å². The largest absolute Gasteiger partial charge is 0.396 e. The van der Waals surface area contributed by atoms with E-state index in [2.05, 4.69) is 36.2 Å². The molecule has 1 aromatic carbocycles. The van der Waals surface area contributed by atoms with Crippen LogP contribution in [0.2, 0.25) is 0 Å². The number of benzene rings is 1. The van der Waals surface area contributed by atoms with Crippen LogP contribution in [-0.2, 0) is 12.8 Å². The van der Waals surface area contributed by atoms with E-state index in [0.717, 1.165) is 16.3 Å². The summed E-state index contributed by atoms with van der Waals surface area (Å²) in [4.78, 5) is 5.52. The van der Waals surface area contributed by atoms with Gasteiger partial charge in [0.25, 0.3) is 0 Å². The Bertz CT molecular complexity index is 447. The summed E-state index contributed by atoms with van der Waals surface area (Å²) in [6.45, 7) is 2.29. The second kappa shape index (κ2) is 5.23. The maximum atomic E-state index is 8.83. The molecule has 0 aliphatic heterocycles. The van der Waals surface area contributed by atoms with Gasteiger partial charge in [0.05, 0.1) is 5.01 Å². The fourth-order valence-electron chi connectivity index (χ4n) is 1.54. The highest BCUT2D eigenvalue weighted by molar-refractivity contribution is 7.11. The molecule has 1 N–H and O–H groups in total. The zero-order valence-corrected chi connectivity index (χ0v) is 10.1. The van der Waals surface area contributed by atoms with E-state index in [1.807, 2.05) is 6.20 Å². The zero-order chi connectivity index (χ0) is 11.4. The van der Waals surface area contributed by atoms with Gasteiger partial charge in [-0.15, -0.1) is 11.3 Å². The van der Waals surface area contributed by atoms with Crippen LogP contribution in [0.3, 0.4) is 0 Å². The quantitative estimate of drug-likeness (QED) is 0.880. The van der Waals surface area contributed by atoms with Crippen molar-refractivity contribution in [2.75, 3.05) is 6.61 Å². The molecule has 2 aromatic rings. The molecular formula is C13H15NOS. The van der Waals surface area contributed by atoms with Gasteiger partial charge in [0, 0.05) is 30.5 Å². The maximum Gasteiger partial charge on any atom is 0.0971 e. The SMILES string of the molecule is Cc1ccc(Cc2ncc(CCO)s2)cc1. The van der Waals surface area contributed by atoms with Crippen molar-refractivity contribution in [3.05, 3.63) is 51.5 Å². The number of aryl methyl sites for hydroxylation is 1. The van der Waals surface area contributed by atoms with Gasteiger partial charge in [-0.05, 0) is 12.5 Å². The summed E-state index contributed by atoms with van der Waals surface area (Å²) < 4.78 is 0. The normalized spacial score (nSPS) is 10.6. The molecule has 16 heavy (non-hydrogen) atoms. The average molecular weight is 233 g/mol. The summed E-state index contributed by atoms with van der Waals surface area (Å²) in [6, 6.07) is 8.53. The molecule has 0 atom stereocenters. The molecule has 0 aliphatic carbocycles. The van der Waals surface area contributed by atoms with E-state index in [9.17, 15) is 0 Å². The first-order valence-electron chi connectivity index (χ1n) is 5.38. The lowest BCUT2D eigenvalue weighted by Crippen LogP contribution is -1.86. The summed E-state index contributed by atoms with van der Waals surface area (Å²) in [5.74, 6) is 0. The van der Waals surface area contributed by atoms with Crippen LogP contribution in [0.4, 0.5) is 0 Å². The first-order valence-corrected chi connectivity index (χ1v) is 6.19. The number of thiazole rings is 1. The minimum Gasteiger partial charge on any atom is -0.396 e. The molecule has 2 rings (SSSR count). The highest BCUT2D eigenvalue weighted by Gasteiger charge is 2.02. The van der Waals surface area contributed by atoms with E-state index in [4.69, 9.17) is 5.11 Å². The Balaban J connectivity index is 2.05. The third kappa shape index (κ3) is 2.90. The Labute approximate surface area is 99.6 Å². The average Bonchev–Trinajstić information content (AvgIpc) is 2.70. The monoisotopic (exact) mass is 233 g/mol.